The molecule has 2 rings (SSSR count). The highest BCUT2D eigenvalue weighted by molar-refractivity contribution is 8.12. The van der Waals surface area contributed by atoms with E-state index >= 15 is 0 Å². The SMILES string of the molecule is N#Cc1cccc(P(O)(O)=S)c1-c1ccccc1. The number of nitriles is 1. The van der Waals surface area contributed by atoms with Crippen molar-refractivity contribution >= 4 is 23.6 Å². The number of hydrogen-bond acceptors (Lipinski definition) is 2. The molecule has 90 valence electrons. The van der Waals surface area contributed by atoms with Gasteiger partial charge in [0.05, 0.1) is 11.6 Å². The predicted octanol–water partition coefficient (Wildman–Crippen LogP) is 2.14. The smallest absolute Gasteiger partial charge is 0.214 e. The van der Waals surface area contributed by atoms with Gasteiger partial charge >= 0.3 is 0 Å². The topological polar surface area (TPSA) is 64.2 Å². The largest absolute Gasteiger partial charge is 0.342 e. The summed E-state index contributed by atoms with van der Waals surface area (Å²) in [5.41, 5.74) is 1.65. The Hall–Kier alpha value is -1.50. The Balaban J connectivity index is 2.80. The number of hydrogen-bond donors (Lipinski definition) is 2. The molecule has 18 heavy (non-hydrogen) atoms. The molecule has 0 aromatic heterocycles. The molecule has 0 saturated heterocycles. The van der Waals surface area contributed by atoms with Gasteiger partial charge in [0, 0.05) is 10.9 Å². The monoisotopic (exact) mass is 275 g/mol. The molecule has 0 aliphatic heterocycles. The second-order valence-electron chi connectivity index (χ2n) is 3.72. The fourth-order valence-electron chi connectivity index (χ4n) is 1.78. The van der Waals surface area contributed by atoms with E-state index in [1.54, 1.807) is 18.2 Å². The summed E-state index contributed by atoms with van der Waals surface area (Å²) in [4.78, 5) is 19.4. The molecule has 0 aliphatic rings. The van der Waals surface area contributed by atoms with Crippen molar-refractivity contribution in [1.29, 1.82) is 5.26 Å². The molecule has 0 fully saturated rings. The molecular weight excluding hydrogens is 265 g/mol. The van der Waals surface area contributed by atoms with Gasteiger partial charge in [-0.15, -0.1) is 0 Å². The van der Waals surface area contributed by atoms with Crippen LogP contribution in [0, 0.1) is 11.3 Å². The van der Waals surface area contributed by atoms with E-state index in [4.69, 9.17) is 17.1 Å². The maximum atomic E-state index is 9.72. The molecule has 0 heterocycles. The Morgan fingerprint density at radius 2 is 1.67 bits per heavy atom. The normalized spacial score (nSPS) is 10.9. The van der Waals surface area contributed by atoms with Crippen molar-refractivity contribution in [3.8, 4) is 17.2 Å². The van der Waals surface area contributed by atoms with Gasteiger partial charge in [-0.1, -0.05) is 36.4 Å². The van der Waals surface area contributed by atoms with Crippen LogP contribution in [-0.4, -0.2) is 9.79 Å². The van der Waals surface area contributed by atoms with Crippen LogP contribution in [0.2, 0.25) is 0 Å². The average molecular weight is 275 g/mol. The summed E-state index contributed by atoms with van der Waals surface area (Å²) < 4.78 is 0. The summed E-state index contributed by atoms with van der Waals surface area (Å²) >= 11 is 4.76. The van der Waals surface area contributed by atoms with Crippen LogP contribution in [0.3, 0.4) is 0 Å². The van der Waals surface area contributed by atoms with Gasteiger partial charge < -0.3 is 9.79 Å². The number of rotatable bonds is 2. The zero-order valence-electron chi connectivity index (χ0n) is 9.32. The van der Waals surface area contributed by atoms with E-state index in [9.17, 15) is 9.79 Å². The molecule has 3 nitrogen and oxygen atoms in total. The molecule has 0 spiro atoms. The van der Waals surface area contributed by atoms with Gasteiger partial charge in [-0.3, -0.25) is 0 Å². The van der Waals surface area contributed by atoms with Crippen molar-refractivity contribution in [3.05, 3.63) is 54.1 Å². The van der Waals surface area contributed by atoms with Crippen LogP contribution in [0.1, 0.15) is 5.56 Å². The van der Waals surface area contributed by atoms with E-state index in [1.807, 2.05) is 30.3 Å². The lowest BCUT2D eigenvalue weighted by Gasteiger charge is -2.15. The summed E-state index contributed by atoms with van der Waals surface area (Å²) in [6.45, 7) is -3.58. The molecule has 0 unspecified atom stereocenters. The van der Waals surface area contributed by atoms with E-state index in [-0.39, 0.29) is 5.30 Å². The van der Waals surface area contributed by atoms with Crippen LogP contribution in [0.4, 0.5) is 0 Å². The molecule has 0 aliphatic carbocycles. The first kappa shape index (κ1) is 12.9. The summed E-state index contributed by atoms with van der Waals surface area (Å²) in [7, 11) is 0. The first-order chi connectivity index (χ1) is 8.54. The lowest BCUT2D eigenvalue weighted by Crippen LogP contribution is -2.09. The van der Waals surface area contributed by atoms with Crippen LogP contribution in [0.15, 0.2) is 48.5 Å². The van der Waals surface area contributed by atoms with Crippen molar-refractivity contribution in [2.45, 2.75) is 0 Å². The molecular formula is C13H10NO2PS. The van der Waals surface area contributed by atoms with Crippen molar-refractivity contribution in [2.24, 2.45) is 0 Å². The second-order valence-corrected chi connectivity index (χ2v) is 6.82. The van der Waals surface area contributed by atoms with Crippen LogP contribution in [-0.2, 0) is 11.8 Å². The second kappa shape index (κ2) is 5.01. The maximum Gasteiger partial charge on any atom is 0.214 e. The molecule has 0 saturated carbocycles. The van der Waals surface area contributed by atoms with Gasteiger partial charge in [0.1, 0.15) is 0 Å². The highest BCUT2D eigenvalue weighted by atomic mass is 32.5. The Labute approximate surface area is 110 Å². The highest BCUT2D eigenvalue weighted by Crippen LogP contribution is 2.39. The Kier molecular flexibility index (Phi) is 3.60. The third-order valence-electron chi connectivity index (χ3n) is 2.54. The Morgan fingerprint density at radius 3 is 2.22 bits per heavy atom. The van der Waals surface area contributed by atoms with Crippen molar-refractivity contribution in [3.63, 3.8) is 0 Å². The van der Waals surface area contributed by atoms with Crippen LogP contribution >= 0.6 is 6.49 Å². The zero-order chi connectivity index (χ0) is 13.2. The maximum absolute atomic E-state index is 9.72. The van der Waals surface area contributed by atoms with E-state index in [0.717, 1.165) is 5.56 Å². The van der Waals surface area contributed by atoms with Gasteiger partial charge in [-0.05, 0) is 29.5 Å². The fraction of sp³-hybridized carbons (Fsp3) is 0. The van der Waals surface area contributed by atoms with Crippen LogP contribution in [0.5, 0.6) is 0 Å². The minimum Gasteiger partial charge on any atom is -0.342 e. The van der Waals surface area contributed by atoms with E-state index in [0.29, 0.717) is 11.1 Å². The summed E-state index contributed by atoms with van der Waals surface area (Å²) in [5.74, 6) is 0. The van der Waals surface area contributed by atoms with Crippen LogP contribution < -0.4 is 5.30 Å². The minimum absolute atomic E-state index is 0.253. The van der Waals surface area contributed by atoms with Crippen LogP contribution in [0.25, 0.3) is 11.1 Å². The van der Waals surface area contributed by atoms with E-state index in [2.05, 4.69) is 6.07 Å². The highest BCUT2D eigenvalue weighted by Gasteiger charge is 2.20. The zero-order valence-corrected chi connectivity index (χ0v) is 11.0. The molecule has 0 radical (unpaired) electrons. The molecule has 2 aromatic carbocycles. The Bertz CT molecular complexity index is 658. The van der Waals surface area contributed by atoms with Crippen molar-refractivity contribution in [2.75, 3.05) is 0 Å². The summed E-state index contributed by atoms with van der Waals surface area (Å²) in [6.07, 6.45) is 0. The standard InChI is InChI=1S/C13H10NO2PS/c14-9-11-7-4-8-12(17(15,16)18)13(11)10-5-2-1-3-6-10/h1-8H,(H2,15,16,18). The lowest BCUT2D eigenvalue weighted by molar-refractivity contribution is 0.493. The minimum atomic E-state index is -3.58. The molecule has 0 bridgehead atoms. The van der Waals surface area contributed by atoms with Gasteiger partial charge in [-0.2, -0.15) is 5.26 Å². The third kappa shape index (κ3) is 2.50. The van der Waals surface area contributed by atoms with Gasteiger partial charge in [0.2, 0.25) is 6.49 Å². The predicted molar refractivity (Wildman–Crippen MR) is 74.9 cm³/mol. The van der Waals surface area contributed by atoms with Gasteiger partial charge in [-0.25, -0.2) is 0 Å². The fourth-order valence-corrected chi connectivity index (χ4v) is 3.06. The van der Waals surface area contributed by atoms with Gasteiger partial charge in [0.15, 0.2) is 0 Å². The van der Waals surface area contributed by atoms with Gasteiger partial charge in [0.25, 0.3) is 0 Å². The van der Waals surface area contributed by atoms with Crippen molar-refractivity contribution < 1.29 is 9.79 Å². The first-order valence-corrected chi connectivity index (χ1v) is 7.89. The quantitative estimate of drug-likeness (QED) is 0.824. The average Bonchev–Trinajstić information content (AvgIpc) is 2.38. The summed E-state index contributed by atoms with van der Waals surface area (Å²) in [5, 5.41) is 9.39. The Morgan fingerprint density at radius 1 is 1.00 bits per heavy atom. The lowest BCUT2D eigenvalue weighted by atomic mass is 10.0. The van der Waals surface area contributed by atoms with Crippen molar-refractivity contribution in [1.82, 2.24) is 0 Å². The first-order valence-electron chi connectivity index (χ1n) is 5.18. The number of nitrogens with zero attached hydrogens (tertiary/aromatic N) is 1. The molecule has 2 N–H and O–H groups in total. The molecule has 5 heteroatoms. The molecule has 2 aromatic rings. The van der Waals surface area contributed by atoms with E-state index < -0.39 is 6.49 Å². The molecule has 0 atom stereocenters. The number of benzene rings is 2. The molecule has 0 amide bonds. The third-order valence-corrected chi connectivity index (χ3v) is 4.13. The van der Waals surface area contributed by atoms with E-state index in [1.165, 1.54) is 0 Å². The summed E-state index contributed by atoms with van der Waals surface area (Å²) in [6, 6.07) is 16.0.